The Labute approximate surface area is 114 Å². The van der Waals surface area contributed by atoms with Gasteiger partial charge in [0, 0.05) is 17.8 Å². The van der Waals surface area contributed by atoms with Crippen LogP contribution < -0.4 is 10.1 Å². The fourth-order valence-electron chi connectivity index (χ4n) is 1.76. The van der Waals surface area contributed by atoms with Gasteiger partial charge in [-0.05, 0) is 37.8 Å². The smallest absolute Gasteiger partial charge is 0.119 e. The highest BCUT2D eigenvalue weighted by atomic mass is 32.2. The summed E-state index contributed by atoms with van der Waals surface area (Å²) in [7, 11) is 0. The van der Waals surface area contributed by atoms with Gasteiger partial charge in [-0.2, -0.15) is 11.8 Å². The highest BCUT2D eigenvalue weighted by molar-refractivity contribution is 7.99. The lowest BCUT2D eigenvalue weighted by Gasteiger charge is -2.21. The summed E-state index contributed by atoms with van der Waals surface area (Å²) in [4.78, 5) is 0. The number of aliphatic hydroxyl groups is 1. The van der Waals surface area contributed by atoms with Gasteiger partial charge in [-0.25, -0.2) is 0 Å². The van der Waals surface area contributed by atoms with Crippen molar-refractivity contribution in [1.29, 1.82) is 0 Å². The van der Waals surface area contributed by atoms with Crippen molar-refractivity contribution in [3.63, 3.8) is 0 Å². The number of nitrogens with one attached hydrogen (secondary N) is 1. The summed E-state index contributed by atoms with van der Waals surface area (Å²) in [5.74, 6) is 0.910. The van der Waals surface area contributed by atoms with Crippen molar-refractivity contribution in [2.75, 3.05) is 19.5 Å². The second kappa shape index (κ2) is 8.40. The molecule has 0 aliphatic carbocycles. The SMILES string of the molecule is CCOc1cccc(CNC(C)C(CO)SC)c1. The van der Waals surface area contributed by atoms with Gasteiger partial charge in [0.05, 0.1) is 13.2 Å². The molecule has 102 valence electrons. The Bertz CT molecular complexity index is 342. The zero-order valence-corrected chi connectivity index (χ0v) is 12.2. The predicted octanol–water partition coefficient (Wildman–Crippen LogP) is 2.29. The lowest BCUT2D eigenvalue weighted by Crippen LogP contribution is -2.37. The van der Waals surface area contributed by atoms with Crippen molar-refractivity contribution in [2.24, 2.45) is 0 Å². The van der Waals surface area contributed by atoms with Gasteiger partial charge in [0.2, 0.25) is 0 Å². The summed E-state index contributed by atoms with van der Waals surface area (Å²) < 4.78 is 5.47. The number of aliphatic hydroxyl groups excluding tert-OH is 1. The molecule has 0 aliphatic rings. The van der Waals surface area contributed by atoms with Crippen LogP contribution in [0.25, 0.3) is 0 Å². The van der Waals surface area contributed by atoms with Crippen LogP contribution in [0.1, 0.15) is 19.4 Å². The van der Waals surface area contributed by atoms with Crippen molar-refractivity contribution in [3.05, 3.63) is 29.8 Å². The quantitative estimate of drug-likeness (QED) is 0.760. The van der Waals surface area contributed by atoms with E-state index in [2.05, 4.69) is 24.4 Å². The molecule has 0 aliphatic heterocycles. The van der Waals surface area contributed by atoms with Crippen LogP contribution in [0.15, 0.2) is 24.3 Å². The Balaban J connectivity index is 2.49. The molecule has 1 aromatic carbocycles. The Hall–Kier alpha value is -0.710. The first kappa shape index (κ1) is 15.3. The van der Waals surface area contributed by atoms with E-state index in [-0.39, 0.29) is 17.9 Å². The first-order chi connectivity index (χ1) is 8.71. The molecule has 1 rings (SSSR count). The maximum Gasteiger partial charge on any atom is 0.119 e. The number of hydrogen-bond acceptors (Lipinski definition) is 4. The molecule has 1 aromatic rings. The van der Waals surface area contributed by atoms with Gasteiger partial charge in [0.1, 0.15) is 5.75 Å². The van der Waals surface area contributed by atoms with Crippen molar-refractivity contribution < 1.29 is 9.84 Å². The summed E-state index contributed by atoms with van der Waals surface area (Å²) in [5, 5.41) is 12.9. The lowest BCUT2D eigenvalue weighted by molar-refractivity contribution is 0.275. The normalized spacial score (nSPS) is 14.2. The Kier molecular flexibility index (Phi) is 7.16. The second-order valence-electron chi connectivity index (χ2n) is 4.21. The Morgan fingerprint density at radius 3 is 2.83 bits per heavy atom. The molecule has 0 saturated carbocycles. The van der Waals surface area contributed by atoms with Crippen LogP contribution in [-0.4, -0.2) is 35.9 Å². The zero-order valence-electron chi connectivity index (χ0n) is 11.3. The molecular weight excluding hydrogens is 246 g/mol. The van der Waals surface area contributed by atoms with Crippen LogP contribution in [-0.2, 0) is 6.54 Å². The standard InChI is InChI=1S/C14H23NO2S/c1-4-17-13-7-5-6-12(8-13)9-15-11(2)14(10-16)18-3/h5-8,11,14-16H,4,9-10H2,1-3H3. The van der Waals surface area contributed by atoms with Gasteiger partial charge >= 0.3 is 0 Å². The van der Waals surface area contributed by atoms with E-state index in [1.54, 1.807) is 11.8 Å². The third kappa shape index (κ3) is 4.88. The number of ether oxygens (including phenoxy) is 1. The second-order valence-corrected chi connectivity index (χ2v) is 5.28. The van der Waals surface area contributed by atoms with Gasteiger partial charge in [0.25, 0.3) is 0 Å². The molecule has 0 bridgehead atoms. The molecule has 4 heteroatoms. The molecule has 0 spiro atoms. The van der Waals surface area contributed by atoms with Crippen LogP contribution in [0.2, 0.25) is 0 Å². The summed E-state index contributed by atoms with van der Waals surface area (Å²) >= 11 is 1.69. The van der Waals surface area contributed by atoms with Crippen molar-refractivity contribution >= 4 is 11.8 Å². The molecule has 2 N–H and O–H groups in total. The fraction of sp³-hybridized carbons (Fsp3) is 0.571. The molecule has 3 nitrogen and oxygen atoms in total. The summed E-state index contributed by atoms with van der Waals surface area (Å²) in [6, 6.07) is 8.38. The average molecular weight is 269 g/mol. The molecular formula is C14H23NO2S. The monoisotopic (exact) mass is 269 g/mol. The minimum absolute atomic E-state index is 0.203. The van der Waals surface area contributed by atoms with Crippen LogP contribution in [0.4, 0.5) is 0 Å². The number of benzene rings is 1. The van der Waals surface area contributed by atoms with Crippen molar-refractivity contribution in [3.8, 4) is 5.75 Å². The van der Waals surface area contributed by atoms with Gasteiger partial charge in [0.15, 0.2) is 0 Å². The average Bonchev–Trinajstić information content (AvgIpc) is 2.39. The molecule has 0 saturated heterocycles. The van der Waals surface area contributed by atoms with Crippen LogP contribution in [0.3, 0.4) is 0 Å². The van der Waals surface area contributed by atoms with E-state index >= 15 is 0 Å². The van der Waals surface area contributed by atoms with Gasteiger partial charge in [-0.15, -0.1) is 0 Å². The fourth-order valence-corrected chi connectivity index (χ4v) is 2.41. The number of rotatable bonds is 8. The highest BCUT2D eigenvalue weighted by Gasteiger charge is 2.14. The molecule has 0 radical (unpaired) electrons. The largest absolute Gasteiger partial charge is 0.494 e. The van der Waals surface area contributed by atoms with E-state index in [9.17, 15) is 5.11 Å². The molecule has 0 amide bonds. The molecule has 0 aromatic heterocycles. The molecule has 18 heavy (non-hydrogen) atoms. The summed E-state index contributed by atoms with van der Waals surface area (Å²) in [6.45, 7) is 5.76. The van der Waals surface area contributed by atoms with Crippen LogP contribution in [0, 0.1) is 0 Å². The number of thioether (sulfide) groups is 1. The van der Waals surface area contributed by atoms with Gasteiger partial charge in [-0.1, -0.05) is 12.1 Å². The zero-order chi connectivity index (χ0) is 13.4. The minimum Gasteiger partial charge on any atom is -0.494 e. The maximum absolute atomic E-state index is 9.23. The first-order valence-electron chi connectivity index (χ1n) is 6.30. The van der Waals surface area contributed by atoms with E-state index < -0.39 is 0 Å². The Morgan fingerprint density at radius 1 is 1.44 bits per heavy atom. The minimum atomic E-state index is 0.203. The van der Waals surface area contributed by atoms with Crippen molar-refractivity contribution in [1.82, 2.24) is 5.32 Å². The third-order valence-electron chi connectivity index (χ3n) is 2.88. The summed E-state index contributed by atoms with van der Waals surface area (Å²) in [5.41, 5.74) is 1.20. The van der Waals surface area contributed by atoms with Gasteiger partial charge in [-0.3, -0.25) is 0 Å². The predicted molar refractivity (Wildman–Crippen MR) is 78.3 cm³/mol. The lowest BCUT2D eigenvalue weighted by atomic mass is 10.2. The van der Waals surface area contributed by atoms with Gasteiger partial charge < -0.3 is 15.2 Å². The number of hydrogen-bond donors (Lipinski definition) is 2. The highest BCUT2D eigenvalue weighted by Crippen LogP contribution is 2.14. The van der Waals surface area contributed by atoms with E-state index in [0.29, 0.717) is 6.61 Å². The van der Waals surface area contributed by atoms with E-state index in [0.717, 1.165) is 12.3 Å². The molecule has 0 fully saturated rings. The van der Waals surface area contributed by atoms with Crippen LogP contribution >= 0.6 is 11.8 Å². The Morgan fingerprint density at radius 2 is 2.22 bits per heavy atom. The molecule has 0 heterocycles. The van der Waals surface area contributed by atoms with Crippen LogP contribution in [0.5, 0.6) is 5.75 Å². The van der Waals surface area contributed by atoms with E-state index in [4.69, 9.17) is 4.74 Å². The molecule has 2 unspecified atom stereocenters. The van der Waals surface area contributed by atoms with Crippen molar-refractivity contribution in [2.45, 2.75) is 31.7 Å². The molecule has 2 atom stereocenters. The topological polar surface area (TPSA) is 41.5 Å². The summed E-state index contributed by atoms with van der Waals surface area (Å²) in [6.07, 6.45) is 2.02. The van der Waals surface area contributed by atoms with E-state index in [1.807, 2.05) is 25.3 Å². The first-order valence-corrected chi connectivity index (χ1v) is 7.58. The van der Waals surface area contributed by atoms with E-state index in [1.165, 1.54) is 5.56 Å². The third-order valence-corrected chi connectivity index (χ3v) is 4.04. The maximum atomic E-state index is 9.23.